The number of nitrogens with zero attached hydrogens (tertiary/aromatic N) is 1. The molecule has 146 valence electrons. The van der Waals surface area contributed by atoms with Gasteiger partial charge >= 0.3 is 0 Å². The van der Waals surface area contributed by atoms with Crippen LogP contribution < -0.4 is 10.1 Å². The Balaban J connectivity index is 1.33. The van der Waals surface area contributed by atoms with Gasteiger partial charge in [0.1, 0.15) is 5.75 Å². The van der Waals surface area contributed by atoms with E-state index < -0.39 is 0 Å². The lowest BCUT2D eigenvalue weighted by molar-refractivity contribution is -0.127. The number of benzene rings is 2. The van der Waals surface area contributed by atoms with Crippen LogP contribution in [0, 0.1) is 5.92 Å². The van der Waals surface area contributed by atoms with Gasteiger partial charge in [0.05, 0.1) is 12.6 Å². The van der Waals surface area contributed by atoms with Crippen LogP contribution in [0.3, 0.4) is 0 Å². The minimum absolute atomic E-state index is 0.00567. The maximum absolute atomic E-state index is 12.8. The molecule has 1 fully saturated rings. The van der Waals surface area contributed by atoms with Crippen molar-refractivity contribution in [2.24, 2.45) is 5.92 Å². The molecule has 1 N–H and O–H groups in total. The average molecular weight is 399 g/mol. The van der Waals surface area contributed by atoms with Crippen molar-refractivity contribution < 1.29 is 14.3 Å². The van der Waals surface area contributed by atoms with Gasteiger partial charge in [-0.25, -0.2) is 0 Å². The summed E-state index contributed by atoms with van der Waals surface area (Å²) in [5.41, 5.74) is 1.67. The second-order valence-electron chi connectivity index (χ2n) is 7.31. The Labute approximate surface area is 169 Å². The molecule has 2 heterocycles. The van der Waals surface area contributed by atoms with E-state index in [1.165, 1.54) is 0 Å². The number of halogens is 1. The zero-order chi connectivity index (χ0) is 19.5. The van der Waals surface area contributed by atoms with Crippen LogP contribution in [0.5, 0.6) is 5.75 Å². The zero-order valence-corrected chi connectivity index (χ0v) is 16.3. The number of nitrogens with one attached hydrogen (secondary N) is 1. The van der Waals surface area contributed by atoms with Gasteiger partial charge in [0.15, 0.2) is 0 Å². The van der Waals surface area contributed by atoms with Crippen LogP contribution in [0.4, 0.5) is 0 Å². The molecule has 2 aliphatic rings. The fourth-order valence-electron chi connectivity index (χ4n) is 3.90. The molecule has 0 aliphatic carbocycles. The highest BCUT2D eigenvalue weighted by atomic mass is 35.5. The van der Waals surface area contributed by atoms with Crippen LogP contribution >= 0.6 is 11.6 Å². The number of para-hydroxylation sites is 1. The largest absolute Gasteiger partial charge is 0.493 e. The van der Waals surface area contributed by atoms with Crippen LogP contribution in [-0.2, 0) is 4.79 Å². The average Bonchev–Trinajstić information content (AvgIpc) is 2.74. The standard InChI is InChI=1S/C22H23ClN2O3/c23-17-7-5-16(6-8-17)22(27)25-12-9-15(10-13-25)21(26)24-19-11-14-28-20-4-2-1-3-18(19)20/h1-8,15,19H,9-14H2,(H,24,26). The number of carbonyl (C=O) groups excluding carboxylic acids is 2. The highest BCUT2D eigenvalue weighted by Gasteiger charge is 2.30. The summed E-state index contributed by atoms with van der Waals surface area (Å²) < 4.78 is 5.67. The van der Waals surface area contributed by atoms with Crippen molar-refractivity contribution in [2.45, 2.75) is 25.3 Å². The zero-order valence-electron chi connectivity index (χ0n) is 15.6. The Morgan fingerprint density at radius 3 is 2.46 bits per heavy atom. The third-order valence-corrected chi connectivity index (χ3v) is 5.77. The quantitative estimate of drug-likeness (QED) is 0.854. The van der Waals surface area contributed by atoms with Crippen LogP contribution in [0.1, 0.15) is 41.2 Å². The van der Waals surface area contributed by atoms with Crippen molar-refractivity contribution in [2.75, 3.05) is 19.7 Å². The molecule has 2 amide bonds. The van der Waals surface area contributed by atoms with Crippen LogP contribution in [0.15, 0.2) is 48.5 Å². The lowest BCUT2D eigenvalue weighted by Gasteiger charge is -2.33. The van der Waals surface area contributed by atoms with Crippen molar-refractivity contribution in [1.82, 2.24) is 10.2 Å². The molecule has 5 nitrogen and oxygen atoms in total. The van der Waals surface area contributed by atoms with Gasteiger partial charge in [-0.2, -0.15) is 0 Å². The molecular weight excluding hydrogens is 376 g/mol. The van der Waals surface area contributed by atoms with E-state index in [2.05, 4.69) is 5.32 Å². The smallest absolute Gasteiger partial charge is 0.253 e. The minimum atomic E-state index is -0.0655. The summed E-state index contributed by atoms with van der Waals surface area (Å²) in [7, 11) is 0. The lowest BCUT2D eigenvalue weighted by atomic mass is 9.93. The van der Waals surface area contributed by atoms with E-state index in [0.29, 0.717) is 43.1 Å². The molecule has 0 saturated carbocycles. The van der Waals surface area contributed by atoms with Gasteiger partial charge in [-0.1, -0.05) is 29.8 Å². The summed E-state index contributed by atoms with van der Waals surface area (Å²) in [4.78, 5) is 27.2. The number of carbonyl (C=O) groups is 2. The van der Waals surface area contributed by atoms with Gasteiger partial charge in [-0.15, -0.1) is 0 Å². The van der Waals surface area contributed by atoms with E-state index in [9.17, 15) is 9.59 Å². The number of hydrogen-bond donors (Lipinski definition) is 1. The van der Waals surface area contributed by atoms with Crippen LogP contribution in [0.25, 0.3) is 0 Å². The minimum Gasteiger partial charge on any atom is -0.493 e. The van der Waals surface area contributed by atoms with Crippen LogP contribution in [-0.4, -0.2) is 36.4 Å². The van der Waals surface area contributed by atoms with Gasteiger partial charge in [0.25, 0.3) is 5.91 Å². The molecule has 0 spiro atoms. The molecule has 2 aromatic carbocycles. The van der Waals surface area contributed by atoms with E-state index >= 15 is 0 Å². The molecule has 0 bridgehead atoms. The maximum atomic E-state index is 12.8. The van der Waals surface area contributed by atoms with E-state index in [1.54, 1.807) is 24.3 Å². The SMILES string of the molecule is O=C(NC1CCOc2ccccc21)C1CCN(C(=O)c2ccc(Cl)cc2)CC1. The van der Waals surface area contributed by atoms with E-state index in [4.69, 9.17) is 16.3 Å². The normalized spacial score (nSPS) is 19.5. The predicted molar refractivity (Wildman–Crippen MR) is 108 cm³/mol. The number of amides is 2. The summed E-state index contributed by atoms with van der Waals surface area (Å²) in [6, 6.07) is 14.8. The first-order valence-corrected chi connectivity index (χ1v) is 10.1. The second kappa shape index (κ2) is 8.23. The van der Waals surface area contributed by atoms with E-state index in [-0.39, 0.29) is 23.8 Å². The van der Waals surface area contributed by atoms with Gasteiger partial charge in [-0.3, -0.25) is 9.59 Å². The fraction of sp³-hybridized carbons (Fsp3) is 0.364. The number of ether oxygens (including phenoxy) is 1. The molecule has 0 aromatic heterocycles. The maximum Gasteiger partial charge on any atom is 0.253 e. The summed E-state index contributed by atoms with van der Waals surface area (Å²) >= 11 is 5.89. The van der Waals surface area contributed by atoms with Crippen molar-refractivity contribution in [3.8, 4) is 5.75 Å². The number of likely N-dealkylation sites (tertiary alicyclic amines) is 1. The predicted octanol–water partition coefficient (Wildman–Crippen LogP) is 3.83. The molecule has 2 aliphatic heterocycles. The third-order valence-electron chi connectivity index (χ3n) is 5.52. The molecule has 2 aromatic rings. The highest BCUT2D eigenvalue weighted by Crippen LogP contribution is 2.32. The Kier molecular flexibility index (Phi) is 5.53. The third kappa shape index (κ3) is 3.99. The summed E-state index contributed by atoms with van der Waals surface area (Å²) in [5.74, 6) is 0.848. The molecule has 6 heteroatoms. The van der Waals surface area contributed by atoms with Crippen LogP contribution in [0.2, 0.25) is 5.02 Å². The highest BCUT2D eigenvalue weighted by molar-refractivity contribution is 6.30. The molecule has 1 atom stereocenters. The Hall–Kier alpha value is -2.53. The Morgan fingerprint density at radius 2 is 1.71 bits per heavy atom. The molecule has 1 saturated heterocycles. The van der Waals surface area contributed by atoms with Gasteiger partial charge in [0.2, 0.25) is 5.91 Å². The second-order valence-corrected chi connectivity index (χ2v) is 7.75. The first kappa shape index (κ1) is 18.8. The summed E-state index contributed by atoms with van der Waals surface area (Å²) in [6.45, 7) is 1.78. The number of piperidine rings is 1. The van der Waals surface area contributed by atoms with Gasteiger partial charge in [-0.05, 0) is 43.2 Å². The van der Waals surface area contributed by atoms with Gasteiger partial charge in [0, 0.05) is 41.6 Å². The number of rotatable bonds is 3. The van der Waals surface area contributed by atoms with E-state index in [0.717, 1.165) is 17.7 Å². The molecular formula is C22H23ClN2O3. The molecule has 28 heavy (non-hydrogen) atoms. The Morgan fingerprint density at radius 1 is 1.00 bits per heavy atom. The van der Waals surface area contributed by atoms with Gasteiger partial charge < -0.3 is 15.0 Å². The lowest BCUT2D eigenvalue weighted by Crippen LogP contribution is -2.44. The molecule has 0 radical (unpaired) electrons. The molecule has 1 unspecified atom stereocenters. The van der Waals surface area contributed by atoms with Crippen molar-refractivity contribution in [3.63, 3.8) is 0 Å². The van der Waals surface area contributed by atoms with Crippen molar-refractivity contribution in [1.29, 1.82) is 0 Å². The summed E-state index contributed by atoms with van der Waals surface area (Å²) in [5, 5.41) is 3.80. The van der Waals surface area contributed by atoms with E-state index in [1.807, 2.05) is 29.2 Å². The summed E-state index contributed by atoms with van der Waals surface area (Å²) in [6.07, 6.45) is 2.13. The Bertz CT molecular complexity index is 860. The molecule has 4 rings (SSSR count). The van der Waals surface area contributed by atoms with Crippen molar-refractivity contribution >= 4 is 23.4 Å². The first-order valence-electron chi connectivity index (χ1n) is 9.69. The number of fused-ring (bicyclic) bond motifs is 1. The fourth-order valence-corrected chi connectivity index (χ4v) is 4.03. The van der Waals surface area contributed by atoms with Crippen molar-refractivity contribution in [3.05, 3.63) is 64.7 Å². The number of hydrogen-bond acceptors (Lipinski definition) is 3. The topological polar surface area (TPSA) is 58.6 Å². The first-order chi connectivity index (χ1) is 13.6. The monoisotopic (exact) mass is 398 g/mol.